The zero-order chi connectivity index (χ0) is 23.9. The second-order valence-corrected chi connectivity index (χ2v) is 10.1. The molecule has 3 atom stereocenters. The molecule has 1 saturated carbocycles. The van der Waals surface area contributed by atoms with Crippen molar-refractivity contribution in [3.8, 4) is 0 Å². The third-order valence-corrected chi connectivity index (χ3v) is 7.62. The van der Waals surface area contributed by atoms with Gasteiger partial charge in [-0.05, 0) is 54.9 Å². The largest absolute Gasteiger partial charge is 0.454 e. The van der Waals surface area contributed by atoms with Gasteiger partial charge >= 0.3 is 5.88 Å². The lowest BCUT2D eigenvalue weighted by atomic mass is 9.92. The number of methoxy groups -OCH3 is 1. The first-order valence-electron chi connectivity index (χ1n) is 12.2. The Morgan fingerprint density at radius 2 is 2.09 bits per heavy atom. The number of benzene rings is 1. The first kappa shape index (κ1) is 22.6. The first-order valence-corrected chi connectivity index (χ1v) is 12.5. The predicted molar refractivity (Wildman–Crippen MR) is 127 cm³/mol. The Morgan fingerprint density at radius 3 is 2.86 bits per heavy atom. The van der Waals surface area contributed by atoms with E-state index < -0.39 is 6.10 Å². The number of nitrogens with two attached hydrogens (primary N) is 1. The zero-order valence-electron chi connectivity index (χ0n) is 19.6. The summed E-state index contributed by atoms with van der Waals surface area (Å²) in [5, 5.41) is 8.77. The molecule has 6 rings (SSSR count). The van der Waals surface area contributed by atoms with Crippen LogP contribution in [0.2, 0.25) is 5.02 Å². The fourth-order valence-electron chi connectivity index (χ4n) is 5.79. The highest BCUT2D eigenvalue weighted by molar-refractivity contribution is 6.30. The summed E-state index contributed by atoms with van der Waals surface area (Å²) in [6, 6.07) is 4.81. The Bertz CT molecular complexity index is 1130. The van der Waals surface area contributed by atoms with Gasteiger partial charge in [0.15, 0.2) is 5.82 Å². The fraction of sp³-hybridized carbons (Fsp3) is 0.500. The van der Waals surface area contributed by atoms with Gasteiger partial charge in [-0.25, -0.2) is 14.5 Å². The standard InChI is InChI=1S/C24H29ClFN7O2/c1-34-20-10-19(11-27-30-20)32-12-14-3-4-15(13-32)21(14)28-24-29-23-22(35-6-2-5-33(23)31-24)16-7-17(25)9-18(26)8-16/h7-11,14-15,21-22,27,30H,2-6,12-13H2,1H3,(H,28,31)/p+1/t14?,15?,21?,22-/m1/s1. The summed E-state index contributed by atoms with van der Waals surface area (Å²) in [5.41, 5.74) is 6.85. The molecule has 11 heteroatoms. The van der Waals surface area contributed by atoms with Crippen LogP contribution in [0.3, 0.4) is 0 Å². The molecular formula is C24H30ClFN7O2+. The molecule has 9 nitrogen and oxygen atoms in total. The van der Waals surface area contributed by atoms with Crippen molar-refractivity contribution >= 4 is 17.5 Å². The van der Waals surface area contributed by atoms with Crippen LogP contribution in [0.5, 0.6) is 0 Å². The minimum atomic E-state index is -0.503. The van der Waals surface area contributed by atoms with E-state index in [2.05, 4.69) is 21.7 Å². The number of halogens is 2. The summed E-state index contributed by atoms with van der Waals surface area (Å²) in [7, 11) is 1.69. The van der Waals surface area contributed by atoms with Crippen molar-refractivity contribution in [2.45, 2.75) is 38.0 Å². The smallest absolute Gasteiger partial charge is 0.314 e. The summed E-state index contributed by atoms with van der Waals surface area (Å²) >= 11 is 6.12. The molecule has 4 heterocycles. The second kappa shape index (κ2) is 9.33. The van der Waals surface area contributed by atoms with Crippen LogP contribution >= 0.6 is 11.6 Å². The van der Waals surface area contributed by atoms with Crippen molar-refractivity contribution in [1.29, 1.82) is 0 Å². The molecule has 0 radical (unpaired) electrons. The van der Waals surface area contributed by atoms with Gasteiger partial charge in [-0.2, -0.15) is 10.4 Å². The number of aromatic nitrogens is 3. The third-order valence-electron chi connectivity index (χ3n) is 7.40. The topological polar surface area (TPSA) is 93.1 Å². The van der Waals surface area contributed by atoms with Crippen LogP contribution in [0.25, 0.3) is 0 Å². The number of anilines is 1. The summed E-state index contributed by atoms with van der Waals surface area (Å²) in [6.07, 6.45) is 6.77. The van der Waals surface area contributed by atoms with Crippen LogP contribution < -0.4 is 16.2 Å². The number of likely N-dealkylation sites (tertiary alicyclic amines) is 1. The number of hydrogen-bond donors (Lipinski definition) is 3. The summed E-state index contributed by atoms with van der Waals surface area (Å²) in [4.78, 5) is 7.27. The molecule has 2 bridgehead atoms. The minimum absolute atomic E-state index is 0.315. The summed E-state index contributed by atoms with van der Waals surface area (Å²) < 4.78 is 27.4. The van der Waals surface area contributed by atoms with Gasteiger partial charge in [0.25, 0.3) is 0 Å². The molecule has 4 N–H and O–H groups in total. The van der Waals surface area contributed by atoms with Crippen molar-refractivity contribution in [3.05, 3.63) is 64.3 Å². The molecule has 2 fully saturated rings. The van der Waals surface area contributed by atoms with Crippen molar-refractivity contribution in [1.82, 2.24) is 25.1 Å². The van der Waals surface area contributed by atoms with Gasteiger partial charge in [0.2, 0.25) is 5.95 Å². The molecule has 4 aliphatic rings. The Morgan fingerprint density at radius 1 is 1.26 bits per heavy atom. The number of fused-ring (bicyclic) bond motifs is 3. The number of hydrogen-bond acceptors (Lipinski definition) is 7. The predicted octanol–water partition coefficient (Wildman–Crippen LogP) is 2.11. The lowest BCUT2D eigenvalue weighted by molar-refractivity contribution is -0.680. The number of nitrogens with one attached hydrogen (secondary N) is 2. The molecule has 2 aromatic rings. The van der Waals surface area contributed by atoms with E-state index in [1.165, 1.54) is 25.0 Å². The van der Waals surface area contributed by atoms with E-state index in [1.807, 2.05) is 16.3 Å². The monoisotopic (exact) mass is 502 g/mol. The SMILES string of the molecule is COC1=CC(N2CC3CCC(C2)C3Nc2nc3n(n2)CCCO[C@@H]3c2cc(F)cc(Cl)c2)=CN[NH2+]1. The Kier molecular flexibility index (Phi) is 6.03. The van der Waals surface area contributed by atoms with E-state index >= 15 is 0 Å². The Hall–Kier alpha value is -2.82. The highest BCUT2D eigenvalue weighted by Gasteiger charge is 2.43. The van der Waals surface area contributed by atoms with Crippen molar-refractivity contribution in [2.24, 2.45) is 11.8 Å². The van der Waals surface area contributed by atoms with Gasteiger partial charge in [0.05, 0.1) is 25.1 Å². The van der Waals surface area contributed by atoms with Gasteiger partial charge in [-0.1, -0.05) is 11.6 Å². The molecule has 1 aromatic heterocycles. The number of quaternary nitrogens is 1. The van der Waals surface area contributed by atoms with Crippen molar-refractivity contribution < 1.29 is 19.3 Å². The van der Waals surface area contributed by atoms with Crippen molar-refractivity contribution in [3.63, 3.8) is 0 Å². The first-order chi connectivity index (χ1) is 17.1. The Labute approximate surface area is 208 Å². The van der Waals surface area contributed by atoms with Gasteiger partial charge in [0, 0.05) is 37.3 Å². The van der Waals surface area contributed by atoms with Crippen LogP contribution in [0.15, 0.2) is 42.1 Å². The number of rotatable bonds is 5. The van der Waals surface area contributed by atoms with Crippen LogP contribution in [0.4, 0.5) is 10.3 Å². The highest BCUT2D eigenvalue weighted by atomic mass is 35.5. The van der Waals surface area contributed by atoms with Gasteiger partial charge < -0.3 is 19.7 Å². The van der Waals surface area contributed by atoms with E-state index in [0.29, 0.717) is 53.4 Å². The van der Waals surface area contributed by atoms with Gasteiger partial charge in [0.1, 0.15) is 11.9 Å². The molecule has 0 spiro atoms. The molecule has 3 aliphatic heterocycles. The van der Waals surface area contributed by atoms with Crippen LogP contribution in [0, 0.1) is 17.7 Å². The number of ether oxygens (including phenoxy) is 2. The van der Waals surface area contributed by atoms with E-state index in [-0.39, 0.29) is 5.82 Å². The third kappa shape index (κ3) is 4.46. The maximum atomic E-state index is 14.1. The maximum Gasteiger partial charge on any atom is 0.314 e. The number of piperidine rings is 1. The molecule has 1 aromatic carbocycles. The zero-order valence-corrected chi connectivity index (χ0v) is 20.3. The molecule has 1 aliphatic carbocycles. The average molecular weight is 503 g/mol. The molecule has 35 heavy (non-hydrogen) atoms. The van der Waals surface area contributed by atoms with Crippen LogP contribution in [-0.2, 0) is 16.0 Å². The quantitative estimate of drug-likeness (QED) is 0.539. The summed E-state index contributed by atoms with van der Waals surface area (Å²) in [5.74, 6) is 2.73. The number of nitrogens with zero attached hydrogens (tertiary/aromatic N) is 4. The van der Waals surface area contributed by atoms with Crippen molar-refractivity contribution in [2.75, 3.05) is 32.1 Å². The average Bonchev–Trinajstić information content (AvgIpc) is 3.25. The van der Waals surface area contributed by atoms with E-state index in [4.69, 9.17) is 31.2 Å². The second-order valence-electron chi connectivity index (χ2n) is 9.63. The lowest BCUT2D eigenvalue weighted by Crippen LogP contribution is -2.91. The number of allylic oxidation sites excluding steroid dienone is 1. The van der Waals surface area contributed by atoms with E-state index in [1.54, 1.807) is 13.2 Å². The minimum Gasteiger partial charge on any atom is -0.454 e. The molecular weight excluding hydrogens is 473 g/mol. The summed E-state index contributed by atoms with van der Waals surface area (Å²) in [6.45, 7) is 3.20. The van der Waals surface area contributed by atoms with Crippen LogP contribution in [-0.4, -0.2) is 52.5 Å². The molecule has 0 amide bonds. The van der Waals surface area contributed by atoms with Gasteiger partial charge in [-0.15, -0.1) is 5.10 Å². The lowest BCUT2D eigenvalue weighted by Gasteiger charge is -2.40. The molecule has 1 saturated heterocycles. The molecule has 186 valence electrons. The maximum absolute atomic E-state index is 14.1. The Balaban J connectivity index is 1.20. The molecule has 2 unspecified atom stereocenters. The van der Waals surface area contributed by atoms with E-state index in [9.17, 15) is 4.39 Å². The normalized spacial score (nSPS) is 27.9. The van der Waals surface area contributed by atoms with Crippen LogP contribution in [0.1, 0.15) is 36.8 Å². The van der Waals surface area contributed by atoms with Gasteiger partial charge in [-0.3, -0.25) is 0 Å². The van der Waals surface area contributed by atoms with E-state index in [0.717, 1.165) is 31.1 Å². The number of aryl methyl sites for hydroxylation is 1. The highest BCUT2D eigenvalue weighted by Crippen LogP contribution is 2.40. The fourth-order valence-corrected chi connectivity index (χ4v) is 6.02.